The summed E-state index contributed by atoms with van der Waals surface area (Å²) in [4.78, 5) is 0. The molecule has 0 fully saturated rings. The second kappa shape index (κ2) is 2.87. The molecule has 1 aliphatic rings. The number of hydrogen-bond acceptors (Lipinski definition) is 1. The fraction of sp³-hybridized carbons (Fsp3) is 0.111. The van der Waals surface area contributed by atoms with Crippen LogP contribution in [-0.2, 0) is 0 Å². The van der Waals surface area contributed by atoms with E-state index < -0.39 is 0 Å². The smallest absolute Gasteiger partial charge is 0.0998 e. The highest BCUT2D eigenvalue weighted by molar-refractivity contribution is 5.40. The number of nitrogens with zero attached hydrogens (tertiary/aromatic N) is 1. The maximum absolute atomic E-state index is 8.47. The molecule has 0 saturated heterocycles. The topological polar surface area (TPSA) is 23.8 Å². The Morgan fingerprint density at radius 1 is 1.40 bits per heavy atom. The molecular weight excluding hydrogens is 122 g/mol. The van der Waals surface area contributed by atoms with E-state index in [9.17, 15) is 0 Å². The first-order valence-corrected chi connectivity index (χ1v) is 3.04. The molecule has 0 atom stereocenters. The summed E-state index contributed by atoms with van der Waals surface area (Å²) >= 11 is 0. The molecule has 1 aliphatic carbocycles. The van der Waals surface area contributed by atoms with Crippen LogP contribution in [0.2, 0.25) is 0 Å². The van der Waals surface area contributed by atoms with Gasteiger partial charge in [-0.2, -0.15) is 5.26 Å². The van der Waals surface area contributed by atoms with Crippen molar-refractivity contribution < 1.29 is 0 Å². The van der Waals surface area contributed by atoms with E-state index in [0.29, 0.717) is 5.57 Å². The summed E-state index contributed by atoms with van der Waals surface area (Å²) in [5.74, 6) is 0. The zero-order valence-corrected chi connectivity index (χ0v) is 5.76. The van der Waals surface area contributed by atoms with Crippen molar-refractivity contribution in [3.8, 4) is 6.07 Å². The molecule has 0 aromatic carbocycles. The molecule has 0 bridgehead atoms. The van der Waals surface area contributed by atoms with Crippen LogP contribution in [0.15, 0.2) is 41.2 Å². The van der Waals surface area contributed by atoms with Crippen LogP contribution in [-0.4, -0.2) is 0 Å². The van der Waals surface area contributed by atoms with Crippen LogP contribution >= 0.6 is 0 Å². The highest BCUT2D eigenvalue weighted by Crippen LogP contribution is 2.03. The standard InChI is InChI=1S/C9H7N/c1-8-3-2-4-9(7-10)6-5-8/h3-6H,1H3. The number of hydrogen-bond donors (Lipinski definition) is 0. The number of allylic oxidation sites excluding steroid dienone is 5. The fourth-order valence-corrected chi connectivity index (χ4v) is 0.650. The first kappa shape index (κ1) is 6.61. The molecule has 0 spiro atoms. The SMILES string of the molecule is CC1=CC=C(C#N)C=C=C1. The van der Waals surface area contributed by atoms with Gasteiger partial charge < -0.3 is 0 Å². The van der Waals surface area contributed by atoms with Gasteiger partial charge in [0.2, 0.25) is 0 Å². The molecule has 1 heteroatoms. The van der Waals surface area contributed by atoms with E-state index in [0.717, 1.165) is 5.57 Å². The van der Waals surface area contributed by atoms with E-state index in [4.69, 9.17) is 5.26 Å². The van der Waals surface area contributed by atoms with E-state index in [1.165, 1.54) is 0 Å². The molecule has 0 heterocycles. The largest absolute Gasteiger partial charge is 0.192 e. The highest BCUT2D eigenvalue weighted by Gasteiger charge is 1.88. The van der Waals surface area contributed by atoms with Gasteiger partial charge in [-0.15, -0.1) is 5.73 Å². The van der Waals surface area contributed by atoms with Gasteiger partial charge in [-0.05, 0) is 30.7 Å². The molecule has 0 saturated carbocycles. The van der Waals surface area contributed by atoms with Gasteiger partial charge in [-0.3, -0.25) is 0 Å². The lowest BCUT2D eigenvalue weighted by Gasteiger charge is -1.80. The van der Waals surface area contributed by atoms with Crippen molar-refractivity contribution in [3.63, 3.8) is 0 Å². The third kappa shape index (κ3) is 1.48. The maximum atomic E-state index is 8.47. The van der Waals surface area contributed by atoms with Crippen LogP contribution in [0.5, 0.6) is 0 Å². The van der Waals surface area contributed by atoms with Gasteiger partial charge in [-0.25, -0.2) is 0 Å². The molecule has 0 aromatic rings. The highest BCUT2D eigenvalue weighted by atomic mass is 14.2. The minimum atomic E-state index is 0.646. The van der Waals surface area contributed by atoms with Crippen molar-refractivity contribution in [2.24, 2.45) is 0 Å². The fourth-order valence-electron chi connectivity index (χ4n) is 0.650. The summed E-state index contributed by atoms with van der Waals surface area (Å²) < 4.78 is 0. The first-order valence-electron chi connectivity index (χ1n) is 3.04. The van der Waals surface area contributed by atoms with Gasteiger partial charge in [0.25, 0.3) is 0 Å². The van der Waals surface area contributed by atoms with Crippen molar-refractivity contribution in [1.29, 1.82) is 5.26 Å². The van der Waals surface area contributed by atoms with E-state index in [2.05, 4.69) is 5.73 Å². The van der Waals surface area contributed by atoms with E-state index >= 15 is 0 Å². The maximum Gasteiger partial charge on any atom is 0.0998 e. The van der Waals surface area contributed by atoms with Crippen LogP contribution < -0.4 is 0 Å². The molecular formula is C9H7N. The molecule has 0 unspecified atom stereocenters. The van der Waals surface area contributed by atoms with Crippen LogP contribution in [0.25, 0.3) is 0 Å². The Morgan fingerprint density at radius 2 is 2.20 bits per heavy atom. The van der Waals surface area contributed by atoms with Gasteiger partial charge in [-0.1, -0.05) is 6.08 Å². The molecule has 1 nitrogen and oxygen atoms in total. The molecule has 1 rings (SSSR count). The molecule has 48 valence electrons. The Hall–Kier alpha value is -1.51. The molecule has 0 radical (unpaired) electrons. The summed E-state index contributed by atoms with van der Waals surface area (Å²) in [6.45, 7) is 1.97. The minimum Gasteiger partial charge on any atom is -0.192 e. The molecule has 0 amide bonds. The van der Waals surface area contributed by atoms with Crippen LogP contribution in [0.4, 0.5) is 0 Å². The minimum absolute atomic E-state index is 0.646. The monoisotopic (exact) mass is 129 g/mol. The van der Waals surface area contributed by atoms with Crippen LogP contribution in [0, 0.1) is 11.3 Å². The van der Waals surface area contributed by atoms with Gasteiger partial charge in [0.05, 0.1) is 11.6 Å². The van der Waals surface area contributed by atoms with E-state index in [1.54, 1.807) is 12.2 Å². The van der Waals surface area contributed by atoms with Crippen LogP contribution in [0.1, 0.15) is 6.92 Å². The Morgan fingerprint density at radius 3 is 2.90 bits per heavy atom. The summed E-state index contributed by atoms with van der Waals surface area (Å²) in [6, 6.07) is 2.04. The third-order valence-electron chi connectivity index (χ3n) is 1.20. The lowest BCUT2D eigenvalue weighted by molar-refractivity contribution is 1.50. The first-order chi connectivity index (χ1) is 4.83. The quantitative estimate of drug-likeness (QED) is 0.459. The summed E-state index contributed by atoms with van der Waals surface area (Å²) in [6.07, 6.45) is 7.20. The van der Waals surface area contributed by atoms with Crippen LogP contribution in [0.3, 0.4) is 0 Å². The average molecular weight is 129 g/mol. The normalized spacial score (nSPS) is 15.2. The molecule has 0 aliphatic heterocycles. The van der Waals surface area contributed by atoms with Crippen molar-refractivity contribution in [1.82, 2.24) is 0 Å². The van der Waals surface area contributed by atoms with Crippen molar-refractivity contribution >= 4 is 0 Å². The lowest BCUT2D eigenvalue weighted by Crippen LogP contribution is -1.65. The Bertz CT molecular complexity index is 291. The molecule has 10 heavy (non-hydrogen) atoms. The van der Waals surface area contributed by atoms with Gasteiger partial charge in [0.1, 0.15) is 0 Å². The van der Waals surface area contributed by atoms with E-state index in [-0.39, 0.29) is 0 Å². The average Bonchev–Trinajstić information content (AvgIpc) is 2.14. The summed E-state index contributed by atoms with van der Waals surface area (Å²) in [7, 11) is 0. The van der Waals surface area contributed by atoms with Gasteiger partial charge in [0.15, 0.2) is 0 Å². The lowest BCUT2D eigenvalue weighted by atomic mass is 10.2. The van der Waals surface area contributed by atoms with Gasteiger partial charge >= 0.3 is 0 Å². The second-order valence-corrected chi connectivity index (χ2v) is 2.10. The predicted octanol–water partition coefficient (Wildman–Crippen LogP) is 2.11. The Balaban J connectivity index is 3.05. The number of rotatable bonds is 0. The Labute approximate surface area is 60.3 Å². The van der Waals surface area contributed by atoms with Crippen molar-refractivity contribution in [2.75, 3.05) is 0 Å². The van der Waals surface area contributed by atoms with Crippen molar-refractivity contribution in [2.45, 2.75) is 6.92 Å². The van der Waals surface area contributed by atoms with Crippen molar-refractivity contribution in [3.05, 3.63) is 41.2 Å². The summed E-state index contributed by atoms with van der Waals surface area (Å²) in [5.41, 5.74) is 4.65. The molecule has 0 aromatic heterocycles. The van der Waals surface area contributed by atoms with E-state index in [1.807, 2.05) is 25.1 Å². The second-order valence-electron chi connectivity index (χ2n) is 2.10. The van der Waals surface area contributed by atoms with Gasteiger partial charge in [0, 0.05) is 0 Å². The zero-order chi connectivity index (χ0) is 7.40. The Kier molecular flexibility index (Phi) is 1.89. The summed E-state index contributed by atoms with van der Waals surface area (Å²) in [5, 5.41) is 8.47. The molecule has 0 N–H and O–H groups in total. The number of nitriles is 1. The third-order valence-corrected chi connectivity index (χ3v) is 1.20. The zero-order valence-electron chi connectivity index (χ0n) is 5.76. The predicted molar refractivity (Wildman–Crippen MR) is 40.1 cm³/mol.